The Morgan fingerprint density at radius 2 is 1.32 bits per heavy atom. The number of carbonyl (C=O) groups excluding carboxylic acids is 4. The summed E-state index contributed by atoms with van der Waals surface area (Å²) in [7, 11) is 0. The van der Waals surface area contributed by atoms with Gasteiger partial charge in [0.25, 0.3) is 0 Å². The highest BCUT2D eigenvalue weighted by Gasteiger charge is 2.46. The second kappa shape index (κ2) is 14.2. The van der Waals surface area contributed by atoms with Crippen LogP contribution in [0.1, 0.15) is 90.9 Å². The minimum atomic E-state index is -2.03. The fraction of sp³-hybridized carbons (Fsp3) is 0.800. The maximum absolute atomic E-state index is 12.4. The molecule has 0 aromatic rings. The van der Waals surface area contributed by atoms with E-state index in [1.807, 2.05) is 0 Å². The molecule has 0 bridgehead atoms. The third-order valence-electron chi connectivity index (χ3n) is 4.57. The van der Waals surface area contributed by atoms with Gasteiger partial charge in [-0.05, 0) is 12.8 Å². The van der Waals surface area contributed by atoms with Crippen molar-refractivity contribution in [2.45, 2.75) is 95.8 Å². The molecular formula is C20H33ClO4. The predicted molar refractivity (Wildman–Crippen MR) is 101 cm³/mol. The van der Waals surface area contributed by atoms with Crippen molar-refractivity contribution >= 4 is 35.7 Å². The van der Waals surface area contributed by atoms with Gasteiger partial charge in [-0.15, -0.1) is 11.6 Å². The lowest BCUT2D eigenvalue weighted by Gasteiger charge is -2.24. The van der Waals surface area contributed by atoms with E-state index in [0.29, 0.717) is 19.1 Å². The van der Waals surface area contributed by atoms with Gasteiger partial charge in [0.1, 0.15) is 24.3 Å². The summed E-state index contributed by atoms with van der Waals surface area (Å²) in [5.41, 5.74) is 0. The number of hydrogen-bond donors (Lipinski definition) is 0. The second-order valence-electron chi connectivity index (χ2n) is 6.72. The number of halogens is 1. The Kier molecular flexibility index (Phi) is 13.6. The van der Waals surface area contributed by atoms with Crippen molar-refractivity contribution in [2.24, 2.45) is 5.92 Å². The third-order valence-corrected chi connectivity index (χ3v) is 5.10. The number of carbonyl (C=O) groups is 4. The maximum Gasteiger partial charge on any atom is 0.174 e. The van der Waals surface area contributed by atoms with Crippen molar-refractivity contribution in [2.75, 3.05) is 0 Å². The van der Waals surface area contributed by atoms with Crippen LogP contribution in [0.2, 0.25) is 0 Å². The summed E-state index contributed by atoms with van der Waals surface area (Å²) in [4.78, 5) is 45.5. The first-order valence-corrected chi connectivity index (χ1v) is 10.0. The minimum absolute atomic E-state index is 0.125. The molecule has 0 aromatic carbocycles. The Morgan fingerprint density at radius 1 is 0.840 bits per heavy atom. The largest absolute Gasteiger partial charge is 0.302 e. The van der Waals surface area contributed by atoms with Gasteiger partial charge in [-0.2, -0.15) is 0 Å². The first-order chi connectivity index (χ1) is 12.0. The Labute approximate surface area is 157 Å². The van der Waals surface area contributed by atoms with Crippen molar-refractivity contribution < 1.29 is 19.2 Å². The minimum Gasteiger partial charge on any atom is -0.302 e. The molecule has 0 radical (unpaired) electrons. The lowest BCUT2D eigenvalue weighted by molar-refractivity contribution is -0.138. The first kappa shape index (κ1) is 24.0. The number of alkyl halides is 1. The van der Waals surface area contributed by atoms with Gasteiger partial charge in [0, 0.05) is 12.8 Å². The molecule has 0 fully saturated rings. The van der Waals surface area contributed by atoms with Crippen LogP contribution in [0.25, 0.3) is 0 Å². The second-order valence-corrected chi connectivity index (χ2v) is 7.34. The van der Waals surface area contributed by atoms with Crippen molar-refractivity contribution in [1.82, 2.24) is 0 Å². The molecule has 0 saturated carbocycles. The van der Waals surface area contributed by atoms with Gasteiger partial charge < -0.3 is 9.59 Å². The summed E-state index contributed by atoms with van der Waals surface area (Å²) >= 11 is 6.17. The van der Waals surface area contributed by atoms with Crippen LogP contribution in [-0.2, 0) is 19.2 Å². The Balaban J connectivity index is 4.63. The number of Topliss-reactive ketones (excluding diaryl/α,β-unsaturated/α-hetero) is 2. The van der Waals surface area contributed by atoms with E-state index in [2.05, 4.69) is 13.8 Å². The standard InChI is InChI=1S/C20H33ClO4/c1-3-5-7-9-11-13-18(24)17(15-22)20(21,16-23)19(25)14-12-10-8-6-4-2/h15-17H,3-14H2,1-2H3. The molecule has 4 nitrogen and oxygen atoms in total. The smallest absolute Gasteiger partial charge is 0.174 e. The van der Waals surface area contributed by atoms with E-state index in [1.165, 1.54) is 0 Å². The van der Waals surface area contributed by atoms with E-state index in [9.17, 15) is 19.2 Å². The highest BCUT2D eigenvalue weighted by molar-refractivity contribution is 6.46. The van der Waals surface area contributed by atoms with E-state index in [1.54, 1.807) is 0 Å². The van der Waals surface area contributed by atoms with Gasteiger partial charge in [0.2, 0.25) is 0 Å². The fourth-order valence-electron chi connectivity index (χ4n) is 2.86. The maximum atomic E-state index is 12.4. The Bertz CT molecular complexity index is 422. The molecule has 0 amide bonds. The zero-order valence-electron chi connectivity index (χ0n) is 15.7. The average molecular weight is 373 g/mol. The van der Waals surface area contributed by atoms with Crippen LogP contribution in [0, 0.1) is 5.92 Å². The normalized spacial score (nSPS) is 14.5. The Hall–Kier alpha value is -1.03. The monoisotopic (exact) mass is 372 g/mol. The molecule has 0 heterocycles. The molecule has 2 atom stereocenters. The van der Waals surface area contributed by atoms with Gasteiger partial charge in [-0.25, -0.2) is 0 Å². The molecule has 0 spiro atoms. The molecule has 0 aliphatic carbocycles. The van der Waals surface area contributed by atoms with Crippen LogP contribution in [0.3, 0.4) is 0 Å². The van der Waals surface area contributed by atoms with Crippen LogP contribution >= 0.6 is 11.6 Å². The molecular weight excluding hydrogens is 340 g/mol. The van der Waals surface area contributed by atoms with Gasteiger partial charge in [-0.3, -0.25) is 9.59 Å². The quantitative estimate of drug-likeness (QED) is 0.158. The van der Waals surface area contributed by atoms with Crippen molar-refractivity contribution in [1.29, 1.82) is 0 Å². The molecule has 25 heavy (non-hydrogen) atoms. The SMILES string of the molecule is CCCCCCCC(=O)C(C=O)C(Cl)(C=O)C(=O)CCCCCCC. The fourth-order valence-corrected chi connectivity index (χ4v) is 3.13. The molecule has 0 rings (SSSR count). The first-order valence-electron chi connectivity index (χ1n) is 9.64. The van der Waals surface area contributed by atoms with E-state index < -0.39 is 22.4 Å². The number of ketones is 2. The molecule has 0 aliphatic rings. The van der Waals surface area contributed by atoms with E-state index in [4.69, 9.17) is 11.6 Å². The zero-order valence-corrected chi connectivity index (χ0v) is 16.5. The summed E-state index contributed by atoms with van der Waals surface area (Å²) in [6.07, 6.45) is 10.5. The molecule has 0 aromatic heterocycles. The lowest BCUT2D eigenvalue weighted by atomic mass is 9.83. The van der Waals surface area contributed by atoms with E-state index in [0.717, 1.165) is 51.4 Å². The van der Waals surface area contributed by atoms with Crippen LogP contribution < -0.4 is 0 Å². The van der Waals surface area contributed by atoms with Crippen LogP contribution in [0.4, 0.5) is 0 Å². The summed E-state index contributed by atoms with van der Waals surface area (Å²) in [5, 5.41) is 0. The zero-order chi connectivity index (χ0) is 19.1. The molecule has 5 heteroatoms. The number of unbranched alkanes of at least 4 members (excludes halogenated alkanes) is 8. The number of hydrogen-bond acceptors (Lipinski definition) is 4. The molecule has 2 unspecified atom stereocenters. The van der Waals surface area contributed by atoms with Gasteiger partial charge in [-0.1, -0.05) is 65.2 Å². The van der Waals surface area contributed by atoms with Gasteiger partial charge >= 0.3 is 0 Å². The van der Waals surface area contributed by atoms with E-state index >= 15 is 0 Å². The lowest BCUT2D eigenvalue weighted by Crippen LogP contribution is -2.46. The average Bonchev–Trinajstić information content (AvgIpc) is 2.61. The summed E-state index contributed by atoms with van der Waals surface area (Å²) in [6.45, 7) is 4.21. The summed E-state index contributed by atoms with van der Waals surface area (Å²) in [6, 6.07) is 0. The van der Waals surface area contributed by atoms with E-state index in [-0.39, 0.29) is 19.1 Å². The van der Waals surface area contributed by atoms with Crippen LogP contribution in [0.15, 0.2) is 0 Å². The molecule has 0 saturated heterocycles. The highest BCUT2D eigenvalue weighted by Crippen LogP contribution is 2.28. The van der Waals surface area contributed by atoms with Gasteiger partial charge in [0.05, 0.1) is 0 Å². The van der Waals surface area contributed by atoms with Crippen LogP contribution in [0.5, 0.6) is 0 Å². The predicted octanol–water partition coefficient (Wildman–Crippen LogP) is 4.84. The highest BCUT2D eigenvalue weighted by atomic mass is 35.5. The topological polar surface area (TPSA) is 68.3 Å². The summed E-state index contributed by atoms with van der Waals surface area (Å²) in [5.74, 6) is -2.30. The molecule has 144 valence electrons. The molecule has 0 aliphatic heterocycles. The van der Waals surface area contributed by atoms with Crippen molar-refractivity contribution in [3.8, 4) is 0 Å². The number of rotatable bonds is 17. The Morgan fingerprint density at radius 3 is 1.76 bits per heavy atom. The number of aldehydes is 2. The van der Waals surface area contributed by atoms with Crippen LogP contribution in [-0.4, -0.2) is 29.0 Å². The van der Waals surface area contributed by atoms with Crippen molar-refractivity contribution in [3.63, 3.8) is 0 Å². The summed E-state index contributed by atoms with van der Waals surface area (Å²) < 4.78 is 0. The third kappa shape index (κ3) is 8.75. The van der Waals surface area contributed by atoms with Gasteiger partial charge in [0.15, 0.2) is 10.7 Å². The molecule has 0 N–H and O–H groups in total. The van der Waals surface area contributed by atoms with Crippen molar-refractivity contribution in [3.05, 3.63) is 0 Å².